The van der Waals surface area contributed by atoms with Gasteiger partial charge < -0.3 is 10.6 Å². The molecule has 118 valence electrons. The molecular formula is C17H23N3O2. The molecule has 0 spiro atoms. The number of piperidine rings is 1. The second-order valence-electron chi connectivity index (χ2n) is 6.39. The van der Waals surface area contributed by atoms with Crippen LogP contribution in [-0.4, -0.2) is 49.3 Å². The second kappa shape index (κ2) is 6.58. The third-order valence-corrected chi connectivity index (χ3v) is 4.71. The Hall–Kier alpha value is -1.72. The minimum atomic E-state index is -0.00916. The molecule has 3 rings (SSSR count). The molecule has 1 aromatic rings. The smallest absolute Gasteiger partial charge is 0.238 e. The van der Waals surface area contributed by atoms with Crippen LogP contribution in [0.15, 0.2) is 24.3 Å². The Labute approximate surface area is 131 Å². The van der Waals surface area contributed by atoms with Crippen molar-refractivity contribution in [1.29, 1.82) is 0 Å². The highest BCUT2D eigenvalue weighted by Crippen LogP contribution is 2.26. The number of benzene rings is 1. The number of carbonyl (C=O) groups is 2. The first-order chi connectivity index (χ1) is 10.6. The summed E-state index contributed by atoms with van der Waals surface area (Å²) in [7, 11) is 0. The number of fused-ring (bicyclic) bond motifs is 1. The molecule has 2 atom stereocenters. The Morgan fingerprint density at radius 3 is 2.95 bits per heavy atom. The van der Waals surface area contributed by atoms with Crippen molar-refractivity contribution in [2.75, 3.05) is 38.0 Å². The van der Waals surface area contributed by atoms with Gasteiger partial charge in [0.2, 0.25) is 5.91 Å². The highest BCUT2D eigenvalue weighted by Gasteiger charge is 2.33. The Kier molecular flexibility index (Phi) is 4.55. The van der Waals surface area contributed by atoms with Crippen molar-refractivity contribution in [3.05, 3.63) is 29.8 Å². The van der Waals surface area contributed by atoms with Gasteiger partial charge in [0.1, 0.15) is 0 Å². The maximum absolute atomic E-state index is 12.2. The van der Waals surface area contributed by atoms with Gasteiger partial charge in [-0.3, -0.25) is 14.5 Å². The Morgan fingerprint density at radius 2 is 2.14 bits per heavy atom. The number of carbonyl (C=O) groups excluding carboxylic acids is 2. The maximum Gasteiger partial charge on any atom is 0.238 e. The summed E-state index contributed by atoms with van der Waals surface area (Å²) in [5.74, 6) is 1.46. The Morgan fingerprint density at radius 1 is 1.32 bits per heavy atom. The molecule has 2 unspecified atom stereocenters. The highest BCUT2D eigenvalue weighted by atomic mass is 16.2. The number of anilines is 1. The van der Waals surface area contributed by atoms with Gasteiger partial charge in [0, 0.05) is 17.8 Å². The minimum absolute atomic E-state index is 0.00639. The number of amides is 1. The van der Waals surface area contributed by atoms with Crippen LogP contribution in [0.5, 0.6) is 0 Å². The first-order valence-corrected chi connectivity index (χ1v) is 7.96. The molecule has 5 nitrogen and oxygen atoms in total. The van der Waals surface area contributed by atoms with Gasteiger partial charge in [-0.15, -0.1) is 0 Å². The number of rotatable bonds is 4. The van der Waals surface area contributed by atoms with Crippen molar-refractivity contribution in [3.63, 3.8) is 0 Å². The summed E-state index contributed by atoms with van der Waals surface area (Å²) in [6.45, 7) is 6.14. The van der Waals surface area contributed by atoms with Crippen molar-refractivity contribution >= 4 is 17.4 Å². The summed E-state index contributed by atoms with van der Waals surface area (Å²) in [4.78, 5) is 25.8. The van der Waals surface area contributed by atoms with Gasteiger partial charge in [0.25, 0.3) is 0 Å². The molecule has 0 radical (unpaired) electrons. The molecule has 5 heteroatoms. The van der Waals surface area contributed by atoms with Crippen LogP contribution < -0.4 is 10.6 Å². The summed E-state index contributed by atoms with van der Waals surface area (Å²) < 4.78 is 0. The molecule has 0 aromatic heterocycles. The van der Waals surface area contributed by atoms with Crippen molar-refractivity contribution in [2.45, 2.75) is 13.3 Å². The SMILES string of the molecule is CC(=O)c1cccc(NC(=O)CN2CCC3CNCC3C2)c1. The number of nitrogens with one attached hydrogen (secondary N) is 2. The van der Waals surface area contributed by atoms with Gasteiger partial charge in [0.05, 0.1) is 6.54 Å². The molecule has 2 N–H and O–H groups in total. The van der Waals surface area contributed by atoms with E-state index in [4.69, 9.17) is 0 Å². The van der Waals surface area contributed by atoms with Gasteiger partial charge in [-0.1, -0.05) is 12.1 Å². The lowest BCUT2D eigenvalue weighted by atomic mass is 9.89. The van der Waals surface area contributed by atoms with Crippen LogP contribution in [0.3, 0.4) is 0 Å². The average molecular weight is 301 g/mol. The molecule has 0 bridgehead atoms. The Bertz CT molecular complexity index is 573. The first-order valence-electron chi connectivity index (χ1n) is 7.96. The number of nitrogens with zero attached hydrogens (tertiary/aromatic N) is 1. The van der Waals surface area contributed by atoms with E-state index >= 15 is 0 Å². The third kappa shape index (κ3) is 3.54. The van der Waals surface area contributed by atoms with Gasteiger partial charge in [-0.05, 0) is 56.9 Å². The number of hydrogen-bond acceptors (Lipinski definition) is 4. The van der Waals surface area contributed by atoms with Crippen LogP contribution in [0.1, 0.15) is 23.7 Å². The topological polar surface area (TPSA) is 61.4 Å². The average Bonchev–Trinajstić information content (AvgIpc) is 2.95. The summed E-state index contributed by atoms with van der Waals surface area (Å²) >= 11 is 0. The molecule has 0 aliphatic carbocycles. The molecule has 2 aliphatic heterocycles. The van der Waals surface area contributed by atoms with Crippen molar-refractivity contribution in [3.8, 4) is 0 Å². The minimum Gasteiger partial charge on any atom is -0.325 e. The van der Waals surface area contributed by atoms with Crippen molar-refractivity contribution in [2.24, 2.45) is 11.8 Å². The number of hydrogen-bond donors (Lipinski definition) is 2. The standard InChI is InChI=1S/C17H23N3O2/c1-12(21)13-3-2-4-16(7-13)19-17(22)11-20-6-5-14-8-18-9-15(14)10-20/h2-4,7,14-15,18H,5-6,8-11H2,1H3,(H,19,22). The highest BCUT2D eigenvalue weighted by molar-refractivity contribution is 5.97. The van der Waals surface area contributed by atoms with Crippen LogP contribution in [-0.2, 0) is 4.79 Å². The summed E-state index contributed by atoms with van der Waals surface area (Å²) in [6, 6.07) is 7.10. The third-order valence-electron chi connectivity index (χ3n) is 4.71. The van der Waals surface area contributed by atoms with Gasteiger partial charge in [-0.25, -0.2) is 0 Å². The predicted molar refractivity (Wildman–Crippen MR) is 86.0 cm³/mol. The molecule has 1 amide bonds. The van der Waals surface area contributed by atoms with E-state index in [9.17, 15) is 9.59 Å². The zero-order chi connectivity index (χ0) is 15.5. The van der Waals surface area contributed by atoms with Crippen LogP contribution in [0.4, 0.5) is 5.69 Å². The van der Waals surface area contributed by atoms with Crippen LogP contribution >= 0.6 is 0 Å². The molecule has 2 fully saturated rings. The molecule has 2 aliphatic rings. The van der Waals surface area contributed by atoms with Crippen molar-refractivity contribution < 1.29 is 9.59 Å². The first kappa shape index (κ1) is 15.2. The van der Waals surface area contributed by atoms with E-state index in [1.165, 1.54) is 13.3 Å². The normalized spacial score (nSPS) is 24.8. The zero-order valence-electron chi connectivity index (χ0n) is 13.0. The number of ketones is 1. The van der Waals surface area contributed by atoms with E-state index in [0.717, 1.165) is 32.1 Å². The molecule has 0 saturated carbocycles. The van der Waals surface area contributed by atoms with E-state index in [1.807, 2.05) is 6.07 Å². The fourth-order valence-electron chi connectivity index (χ4n) is 3.47. The fraction of sp³-hybridized carbons (Fsp3) is 0.529. The summed E-state index contributed by atoms with van der Waals surface area (Å²) in [5, 5.41) is 6.33. The largest absolute Gasteiger partial charge is 0.325 e. The van der Waals surface area contributed by atoms with Crippen molar-refractivity contribution in [1.82, 2.24) is 10.2 Å². The quantitative estimate of drug-likeness (QED) is 0.825. The molecule has 2 saturated heterocycles. The van der Waals surface area contributed by atoms with Gasteiger partial charge in [-0.2, -0.15) is 0 Å². The fourth-order valence-corrected chi connectivity index (χ4v) is 3.47. The van der Waals surface area contributed by atoms with Crippen LogP contribution in [0.25, 0.3) is 0 Å². The maximum atomic E-state index is 12.2. The molecule has 2 heterocycles. The lowest BCUT2D eigenvalue weighted by molar-refractivity contribution is -0.117. The second-order valence-corrected chi connectivity index (χ2v) is 6.39. The molecular weight excluding hydrogens is 278 g/mol. The predicted octanol–water partition coefficient (Wildman–Crippen LogP) is 1.37. The Balaban J connectivity index is 1.54. The lowest BCUT2D eigenvalue weighted by Crippen LogP contribution is -2.43. The number of likely N-dealkylation sites (tertiary alicyclic amines) is 1. The molecule has 1 aromatic carbocycles. The zero-order valence-corrected chi connectivity index (χ0v) is 13.0. The van der Waals surface area contributed by atoms with Gasteiger partial charge >= 0.3 is 0 Å². The number of Topliss-reactive ketones (excluding diaryl/α,β-unsaturated/α-hetero) is 1. The van der Waals surface area contributed by atoms with Crippen LogP contribution in [0, 0.1) is 11.8 Å². The lowest BCUT2D eigenvalue weighted by Gasteiger charge is -2.33. The van der Waals surface area contributed by atoms with Gasteiger partial charge in [0.15, 0.2) is 5.78 Å². The van der Waals surface area contributed by atoms with E-state index in [0.29, 0.717) is 23.7 Å². The van der Waals surface area contributed by atoms with E-state index < -0.39 is 0 Å². The monoisotopic (exact) mass is 301 g/mol. The summed E-state index contributed by atoms with van der Waals surface area (Å²) in [5.41, 5.74) is 1.31. The van der Waals surface area contributed by atoms with E-state index in [2.05, 4.69) is 15.5 Å². The van der Waals surface area contributed by atoms with E-state index in [-0.39, 0.29) is 11.7 Å². The summed E-state index contributed by atoms with van der Waals surface area (Å²) in [6.07, 6.45) is 1.17. The molecule has 22 heavy (non-hydrogen) atoms. The van der Waals surface area contributed by atoms with Crippen LogP contribution in [0.2, 0.25) is 0 Å². The van der Waals surface area contributed by atoms with E-state index in [1.54, 1.807) is 18.2 Å².